The van der Waals surface area contributed by atoms with Crippen molar-refractivity contribution in [2.75, 3.05) is 17.7 Å². The van der Waals surface area contributed by atoms with E-state index in [0.717, 1.165) is 24.7 Å². The van der Waals surface area contributed by atoms with Crippen molar-refractivity contribution in [1.29, 1.82) is 0 Å². The van der Waals surface area contributed by atoms with Gasteiger partial charge in [-0.15, -0.1) is 0 Å². The van der Waals surface area contributed by atoms with Gasteiger partial charge in [0.1, 0.15) is 11.4 Å². The Morgan fingerprint density at radius 1 is 1.35 bits per heavy atom. The smallest absolute Gasteiger partial charge is 0.388 e. The molecule has 0 amide bonds. The molecule has 2 aromatic rings. The average molecular weight is 370 g/mol. The Balaban J connectivity index is 1.86. The fourth-order valence-corrected chi connectivity index (χ4v) is 3.34. The predicted molar refractivity (Wildman–Crippen MR) is 90.3 cm³/mol. The maximum Gasteiger partial charge on any atom is 0.421 e. The molecule has 0 saturated heterocycles. The Hall–Kier alpha value is -2.36. The highest BCUT2D eigenvalue weighted by Gasteiger charge is 2.39. The Bertz CT molecular complexity index is 802. The number of hydrogen-bond acceptors (Lipinski definition) is 6. The molecule has 1 unspecified atom stereocenters. The summed E-state index contributed by atoms with van der Waals surface area (Å²) in [5.74, 6) is -0.276. The lowest BCUT2D eigenvalue weighted by Crippen LogP contribution is -2.32. The molecule has 10 heteroatoms. The van der Waals surface area contributed by atoms with E-state index in [2.05, 4.69) is 25.7 Å². The highest BCUT2D eigenvalue weighted by molar-refractivity contribution is 5.58. The van der Waals surface area contributed by atoms with Crippen LogP contribution in [0.15, 0.2) is 12.4 Å². The van der Waals surface area contributed by atoms with Crippen LogP contribution in [0.2, 0.25) is 0 Å². The molecular weight excluding hydrogens is 349 g/mol. The summed E-state index contributed by atoms with van der Waals surface area (Å²) in [7, 11) is 1.37. The van der Waals surface area contributed by atoms with E-state index in [9.17, 15) is 18.3 Å². The molecule has 1 aliphatic rings. The molecule has 3 N–H and O–H groups in total. The van der Waals surface area contributed by atoms with Gasteiger partial charge in [0.15, 0.2) is 0 Å². The maximum absolute atomic E-state index is 12.9. The largest absolute Gasteiger partial charge is 0.421 e. The van der Waals surface area contributed by atoms with Crippen molar-refractivity contribution in [3.63, 3.8) is 0 Å². The second-order valence-corrected chi connectivity index (χ2v) is 6.68. The summed E-state index contributed by atoms with van der Waals surface area (Å²) < 4.78 is 40.5. The highest BCUT2D eigenvalue weighted by atomic mass is 19.4. The van der Waals surface area contributed by atoms with Gasteiger partial charge < -0.3 is 15.7 Å². The normalized spacial score (nSPS) is 23.3. The molecule has 7 nitrogen and oxygen atoms in total. The van der Waals surface area contributed by atoms with Gasteiger partial charge in [-0.2, -0.15) is 23.3 Å². The lowest BCUT2D eigenvalue weighted by molar-refractivity contribution is -0.137. The molecule has 142 valence electrons. The zero-order chi connectivity index (χ0) is 19.1. The maximum atomic E-state index is 12.9. The third-order valence-electron chi connectivity index (χ3n) is 4.80. The minimum absolute atomic E-state index is 0.0307. The van der Waals surface area contributed by atoms with Crippen LogP contribution in [0.5, 0.6) is 0 Å². The molecule has 1 fully saturated rings. The molecule has 2 atom stereocenters. The van der Waals surface area contributed by atoms with Gasteiger partial charge in [0.05, 0.1) is 29.2 Å². The van der Waals surface area contributed by atoms with Crippen molar-refractivity contribution in [2.24, 2.45) is 0 Å². The predicted octanol–water partition coefficient (Wildman–Crippen LogP) is 3.26. The highest BCUT2D eigenvalue weighted by Crippen LogP contribution is 2.40. The Morgan fingerprint density at radius 3 is 2.65 bits per heavy atom. The summed E-state index contributed by atoms with van der Waals surface area (Å²) in [6.07, 6.45) is 0.189. The fraction of sp³-hybridized carbons (Fsp3) is 0.562. The van der Waals surface area contributed by atoms with Crippen LogP contribution in [0.1, 0.15) is 43.5 Å². The van der Waals surface area contributed by atoms with Crippen LogP contribution in [0.3, 0.4) is 0 Å². The SMILES string of the molecule is CNc1nc(Nc2cnn([C@H]3CCCC3(C)O)c2C)ncc1C(F)(F)F. The van der Waals surface area contributed by atoms with Crippen LogP contribution < -0.4 is 10.6 Å². The van der Waals surface area contributed by atoms with E-state index >= 15 is 0 Å². The van der Waals surface area contributed by atoms with Crippen LogP contribution in [0.25, 0.3) is 0 Å². The Kier molecular flexibility index (Phi) is 4.55. The minimum atomic E-state index is -4.54. The number of hydrogen-bond donors (Lipinski definition) is 3. The van der Waals surface area contributed by atoms with E-state index < -0.39 is 17.3 Å². The van der Waals surface area contributed by atoms with Gasteiger partial charge >= 0.3 is 6.18 Å². The molecule has 26 heavy (non-hydrogen) atoms. The van der Waals surface area contributed by atoms with E-state index in [1.165, 1.54) is 7.05 Å². The van der Waals surface area contributed by atoms with Gasteiger partial charge in [-0.3, -0.25) is 4.68 Å². The first-order chi connectivity index (χ1) is 12.1. The molecule has 2 aromatic heterocycles. The Labute approximate surface area is 148 Å². The van der Waals surface area contributed by atoms with Crippen molar-refractivity contribution in [1.82, 2.24) is 19.7 Å². The van der Waals surface area contributed by atoms with E-state index in [4.69, 9.17) is 0 Å². The Morgan fingerprint density at radius 2 is 2.08 bits per heavy atom. The minimum Gasteiger partial charge on any atom is -0.388 e. The van der Waals surface area contributed by atoms with Crippen LogP contribution in [0.4, 0.5) is 30.6 Å². The molecule has 3 rings (SSSR count). The molecular formula is C16H21F3N6O. The second-order valence-electron chi connectivity index (χ2n) is 6.68. The molecule has 0 aliphatic heterocycles. The van der Waals surface area contributed by atoms with Crippen molar-refractivity contribution < 1.29 is 18.3 Å². The number of aliphatic hydroxyl groups is 1. The zero-order valence-corrected chi connectivity index (χ0v) is 14.7. The van der Waals surface area contributed by atoms with Gasteiger partial charge in [-0.1, -0.05) is 0 Å². The molecule has 2 heterocycles. The van der Waals surface area contributed by atoms with E-state index in [-0.39, 0.29) is 17.8 Å². The first-order valence-electron chi connectivity index (χ1n) is 8.29. The quantitative estimate of drug-likeness (QED) is 0.766. The van der Waals surface area contributed by atoms with E-state index in [0.29, 0.717) is 12.1 Å². The van der Waals surface area contributed by atoms with Gasteiger partial charge in [-0.05, 0) is 33.1 Å². The zero-order valence-electron chi connectivity index (χ0n) is 14.7. The molecule has 1 aliphatic carbocycles. The lowest BCUT2D eigenvalue weighted by atomic mass is 10.0. The van der Waals surface area contributed by atoms with Crippen LogP contribution in [-0.2, 0) is 6.18 Å². The summed E-state index contributed by atoms with van der Waals surface area (Å²) in [6, 6.07) is -0.139. The number of rotatable bonds is 4. The topological polar surface area (TPSA) is 87.9 Å². The third-order valence-corrected chi connectivity index (χ3v) is 4.80. The number of aromatic nitrogens is 4. The number of alkyl halides is 3. The first kappa shape index (κ1) is 18.4. The first-order valence-corrected chi connectivity index (χ1v) is 8.29. The summed E-state index contributed by atoms with van der Waals surface area (Å²) in [5, 5.41) is 20.2. The van der Waals surface area contributed by atoms with E-state index in [1.807, 2.05) is 6.92 Å². The van der Waals surface area contributed by atoms with Crippen molar-refractivity contribution in [2.45, 2.75) is 50.9 Å². The second kappa shape index (κ2) is 6.42. The summed E-state index contributed by atoms with van der Waals surface area (Å²) >= 11 is 0. The van der Waals surface area contributed by atoms with Gasteiger partial charge in [0.25, 0.3) is 0 Å². The van der Waals surface area contributed by atoms with E-state index in [1.54, 1.807) is 17.8 Å². The summed E-state index contributed by atoms with van der Waals surface area (Å²) in [5.41, 5.74) is -0.431. The molecule has 0 spiro atoms. The third kappa shape index (κ3) is 3.33. The van der Waals surface area contributed by atoms with Crippen molar-refractivity contribution >= 4 is 17.5 Å². The summed E-state index contributed by atoms with van der Waals surface area (Å²) in [4.78, 5) is 7.65. The fourth-order valence-electron chi connectivity index (χ4n) is 3.34. The molecule has 0 radical (unpaired) electrons. The molecule has 1 saturated carbocycles. The number of nitrogens with zero attached hydrogens (tertiary/aromatic N) is 4. The average Bonchev–Trinajstić information content (AvgIpc) is 3.08. The number of nitrogens with one attached hydrogen (secondary N) is 2. The lowest BCUT2D eigenvalue weighted by Gasteiger charge is -2.26. The molecule has 0 aromatic carbocycles. The van der Waals surface area contributed by atoms with Crippen molar-refractivity contribution in [3.05, 3.63) is 23.7 Å². The number of anilines is 3. The van der Waals surface area contributed by atoms with Crippen molar-refractivity contribution in [3.8, 4) is 0 Å². The summed E-state index contributed by atoms with van der Waals surface area (Å²) in [6.45, 7) is 3.61. The van der Waals surface area contributed by atoms with Gasteiger partial charge in [-0.25, -0.2) is 4.98 Å². The van der Waals surface area contributed by atoms with Gasteiger partial charge in [0.2, 0.25) is 5.95 Å². The monoisotopic (exact) mass is 370 g/mol. The van der Waals surface area contributed by atoms with Crippen LogP contribution in [0, 0.1) is 6.92 Å². The van der Waals surface area contributed by atoms with Crippen LogP contribution >= 0.6 is 0 Å². The molecule has 0 bridgehead atoms. The number of halogens is 3. The standard InChI is InChI=1S/C16H21F3N6O/c1-9-11(8-22-25(9)12-5-4-6-15(12,2)26)23-14-21-7-10(16(17,18)19)13(20-3)24-14/h7-8,12,26H,4-6H2,1-3H3,(H2,20,21,23,24)/t12-,15?/m0/s1. The van der Waals surface area contributed by atoms with Crippen LogP contribution in [-0.4, -0.2) is 37.5 Å². The van der Waals surface area contributed by atoms with Gasteiger partial charge in [0, 0.05) is 13.2 Å².